The molecule has 8 nitrogen and oxygen atoms in total. The van der Waals surface area contributed by atoms with Gasteiger partial charge in [-0.1, -0.05) is 23.4 Å². The molecule has 0 unspecified atom stereocenters. The van der Waals surface area contributed by atoms with Crippen LogP contribution in [-0.2, 0) is 6.54 Å². The average Bonchev–Trinajstić information content (AvgIpc) is 3.36. The predicted molar refractivity (Wildman–Crippen MR) is 106 cm³/mol. The lowest BCUT2D eigenvalue weighted by atomic mass is 10.2. The van der Waals surface area contributed by atoms with Crippen LogP contribution in [0.2, 0.25) is 0 Å². The number of imidazole rings is 1. The summed E-state index contributed by atoms with van der Waals surface area (Å²) < 4.78 is 7.20. The van der Waals surface area contributed by atoms with Gasteiger partial charge in [0, 0.05) is 24.3 Å². The Morgan fingerprint density at radius 2 is 2.07 bits per heavy atom. The third kappa shape index (κ3) is 3.37. The highest BCUT2D eigenvalue weighted by Crippen LogP contribution is 2.38. The topological polar surface area (TPSA) is 89.9 Å². The van der Waals surface area contributed by atoms with E-state index in [4.69, 9.17) is 4.52 Å². The molecule has 3 aromatic heterocycles. The number of para-hydroxylation sites is 1. The minimum atomic E-state index is -0.131. The van der Waals surface area contributed by atoms with Crippen LogP contribution in [0.15, 0.2) is 53.4 Å². The number of nitrogens with zero attached hydrogens (tertiary/aromatic N) is 6. The lowest BCUT2D eigenvalue weighted by Crippen LogP contribution is -2.30. The van der Waals surface area contributed by atoms with Crippen LogP contribution >= 0.6 is 0 Å². The molecule has 0 aliphatic heterocycles. The molecule has 1 saturated carbocycles. The predicted octanol–water partition coefficient (Wildman–Crippen LogP) is 3.34. The van der Waals surface area contributed by atoms with Crippen LogP contribution in [-0.4, -0.2) is 42.0 Å². The monoisotopic (exact) mass is 388 g/mol. The van der Waals surface area contributed by atoms with Crippen molar-refractivity contribution in [3.05, 3.63) is 66.2 Å². The molecular formula is C21H20N6O2. The summed E-state index contributed by atoms with van der Waals surface area (Å²) in [5, 5.41) is 4.02. The van der Waals surface area contributed by atoms with Gasteiger partial charge in [0.2, 0.25) is 5.89 Å². The normalized spacial score (nSPS) is 13.7. The maximum Gasteiger partial charge on any atom is 0.255 e. The second-order valence-corrected chi connectivity index (χ2v) is 7.16. The van der Waals surface area contributed by atoms with Gasteiger partial charge in [-0.25, -0.2) is 9.97 Å². The summed E-state index contributed by atoms with van der Waals surface area (Å²) in [4.78, 5) is 28.0. The molecule has 0 saturated heterocycles. The van der Waals surface area contributed by atoms with Crippen molar-refractivity contribution >= 4 is 17.1 Å². The van der Waals surface area contributed by atoms with Crippen LogP contribution in [0.3, 0.4) is 0 Å². The fourth-order valence-electron chi connectivity index (χ4n) is 3.30. The first-order valence-corrected chi connectivity index (χ1v) is 9.73. The number of fused-ring (bicyclic) bond motifs is 1. The number of hydrogen-bond donors (Lipinski definition) is 0. The van der Waals surface area contributed by atoms with Crippen LogP contribution in [0.4, 0.5) is 0 Å². The van der Waals surface area contributed by atoms with E-state index in [1.54, 1.807) is 23.5 Å². The molecule has 1 amide bonds. The summed E-state index contributed by atoms with van der Waals surface area (Å²) in [7, 11) is 0. The molecule has 1 aromatic carbocycles. The highest BCUT2D eigenvalue weighted by molar-refractivity contribution is 5.96. The SMILES string of the molecule is CCN(Cc1noc(C2CC2)n1)C(=O)c1cnc2c(c1)ncn2-c1ccccc1. The summed E-state index contributed by atoms with van der Waals surface area (Å²) in [5.74, 6) is 1.48. The molecule has 0 radical (unpaired) electrons. The zero-order valence-corrected chi connectivity index (χ0v) is 16.0. The van der Waals surface area contributed by atoms with Crippen molar-refractivity contribution in [2.45, 2.75) is 32.2 Å². The Bertz CT molecular complexity index is 1160. The smallest absolute Gasteiger partial charge is 0.255 e. The fourth-order valence-corrected chi connectivity index (χ4v) is 3.30. The Labute approximate surface area is 167 Å². The average molecular weight is 388 g/mol. The zero-order valence-electron chi connectivity index (χ0n) is 16.0. The quantitative estimate of drug-likeness (QED) is 0.503. The summed E-state index contributed by atoms with van der Waals surface area (Å²) in [5.41, 5.74) is 2.85. The third-order valence-corrected chi connectivity index (χ3v) is 5.08. The second kappa shape index (κ2) is 7.12. The second-order valence-electron chi connectivity index (χ2n) is 7.16. The highest BCUT2D eigenvalue weighted by Gasteiger charge is 2.30. The molecule has 0 atom stereocenters. The summed E-state index contributed by atoms with van der Waals surface area (Å²) in [6.45, 7) is 2.76. The molecule has 5 rings (SSSR count). The molecule has 8 heteroatoms. The summed E-state index contributed by atoms with van der Waals surface area (Å²) in [6, 6.07) is 11.6. The highest BCUT2D eigenvalue weighted by atomic mass is 16.5. The van der Waals surface area contributed by atoms with Crippen LogP contribution in [0.5, 0.6) is 0 Å². The Morgan fingerprint density at radius 3 is 2.83 bits per heavy atom. The van der Waals surface area contributed by atoms with E-state index in [0.717, 1.165) is 18.5 Å². The Morgan fingerprint density at radius 1 is 1.24 bits per heavy atom. The van der Waals surface area contributed by atoms with Gasteiger partial charge < -0.3 is 9.42 Å². The number of aromatic nitrogens is 5. The number of amides is 1. The van der Waals surface area contributed by atoms with E-state index in [0.29, 0.717) is 47.4 Å². The molecule has 1 aliphatic rings. The maximum absolute atomic E-state index is 13.0. The number of rotatable bonds is 6. The van der Waals surface area contributed by atoms with Crippen molar-refractivity contribution in [2.24, 2.45) is 0 Å². The number of benzene rings is 1. The van der Waals surface area contributed by atoms with E-state index in [1.165, 1.54) is 0 Å². The minimum Gasteiger partial charge on any atom is -0.339 e. The van der Waals surface area contributed by atoms with Crippen LogP contribution < -0.4 is 0 Å². The molecule has 29 heavy (non-hydrogen) atoms. The lowest BCUT2D eigenvalue weighted by molar-refractivity contribution is 0.0747. The van der Waals surface area contributed by atoms with Gasteiger partial charge in [0.05, 0.1) is 12.1 Å². The fraction of sp³-hybridized carbons (Fsp3) is 0.286. The first-order chi connectivity index (χ1) is 14.2. The Kier molecular flexibility index (Phi) is 4.31. The molecular weight excluding hydrogens is 368 g/mol. The molecule has 3 heterocycles. The van der Waals surface area contributed by atoms with Gasteiger partial charge in [0.1, 0.15) is 11.8 Å². The van der Waals surface area contributed by atoms with Crippen LogP contribution in [0.1, 0.15) is 47.8 Å². The van der Waals surface area contributed by atoms with Crippen molar-refractivity contribution in [2.75, 3.05) is 6.54 Å². The minimum absolute atomic E-state index is 0.131. The Hall–Kier alpha value is -3.55. The molecule has 1 aliphatic carbocycles. The van der Waals surface area contributed by atoms with Gasteiger partial charge in [-0.2, -0.15) is 4.98 Å². The van der Waals surface area contributed by atoms with Crippen molar-refractivity contribution in [3.8, 4) is 5.69 Å². The van der Waals surface area contributed by atoms with Crippen LogP contribution in [0, 0.1) is 0 Å². The first-order valence-electron chi connectivity index (χ1n) is 9.73. The zero-order chi connectivity index (χ0) is 19.8. The molecule has 0 bridgehead atoms. The van der Waals surface area contributed by atoms with Gasteiger partial charge in [0.15, 0.2) is 11.5 Å². The van der Waals surface area contributed by atoms with Gasteiger partial charge in [-0.3, -0.25) is 9.36 Å². The largest absolute Gasteiger partial charge is 0.339 e. The Balaban J connectivity index is 1.39. The summed E-state index contributed by atoms with van der Waals surface area (Å²) in [6.07, 6.45) is 5.51. The first kappa shape index (κ1) is 17.5. The van der Waals surface area contributed by atoms with E-state index in [1.807, 2.05) is 41.8 Å². The van der Waals surface area contributed by atoms with Crippen molar-refractivity contribution in [3.63, 3.8) is 0 Å². The van der Waals surface area contributed by atoms with Crippen molar-refractivity contribution in [1.29, 1.82) is 0 Å². The molecule has 1 fully saturated rings. The van der Waals surface area contributed by atoms with E-state index in [9.17, 15) is 4.79 Å². The van der Waals surface area contributed by atoms with Gasteiger partial charge in [-0.05, 0) is 38.0 Å². The lowest BCUT2D eigenvalue weighted by Gasteiger charge is -2.18. The molecule has 0 spiro atoms. The van der Waals surface area contributed by atoms with Crippen molar-refractivity contribution in [1.82, 2.24) is 29.6 Å². The van der Waals surface area contributed by atoms with E-state index in [-0.39, 0.29) is 5.91 Å². The molecule has 4 aromatic rings. The van der Waals surface area contributed by atoms with Crippen molar-refractivity contribution < 1.29 is 9.32 Å². The van der Waals surface area contributed by atoms with Gasteiger partial charge in [0.25, 0.3) is 5.91 Å². The maximum atomic E-state index is 13.0. The van der Waals surface area contributed by atoms with Gasteiger partial charge in [-0.15, -0.1) is 0 Å². The number of carbonyl (C=O) groups excluding carboxylic acids is 1. The molecule has 0 N–H and O–H groups in total. The standard InChI is InChI=1S/C21H20N6O2/c1-2-26(12-18-24-20(29-25-18)14-8-9-14)21(28)15-10-17-19(22-11-15)27(13-23-17)16-6-4-3-5-7-16/h3-7,10-11,13-14H,2,8-9,12H2,1H3. The van der Waals surface area contributed by atoms with E-state index in [2.05, 4.69) is 20.1 Å². The third-order valence-electron chi connectivity index (χ3n) is 5.08. The van der Waals surface area contributed by atoms with E-state index < -0.39 is 0 Å². The number of hydrogen-bond acceptors (Lipinski definition) is 6. The number of pyridine rings is 1. The van der Waals surface area contributed by atoms with Crippen LogP contribution in [0.25, 0.3) is 16.9 Å². The van der Waals surface area contributed by atoms with E-state index >= 15 is 0 Å². The summed E-state index contributed by atoms with van der Waals surface area (Å²) >= 11 is 0. The molecule has 146 valence electrons. The number of carbonyl (C=O) groups is 1. The van der Waals surface area contributed by atoms with Gasteiger partial charge >= 0.3 is 0 Å².